The maximum atomic E-state index is 12.1. The van der Waals surface area contributed by atoms with E-state index in [9.17, 15) is 4.79 Å². The number of nitrogens with one attached hydrogen (secondary N) is 1. The summed E-state index contributed by atoms with van der Waals surface area (Å²) in [4.78, 5) is 16.4. The van der Waals surface area contributed by atoms with Gasteiger partial charge in [-0.1, -0.05) is 50.0 Å². The number of hydrogen-bond donors (Lipinski definition) is 1. The van der Waals surface area contributed by atoms with Gasteiger partial charge in [0.05, 0.1) is 7.11 Å². The van der Waals surface area contributed by atoms with Crippen LogP contribution < -0.4 is 10.1 Å². The van der Waals surface area contributed by atoms with Gasteiger partial charge < -0.3 is 19.5 Å². The molecule has 0 unspecified atom stereocenters. The third kappa shape index (κ3) is 7.51. The standard InChI is InChI=1S/C23H30N4O4Si/c1-29-23(28)20-14-19(31-16-18-8-6-5-7-9-18)15-22(24-20)25-21-10-11-27(26-21)17-30-12-13-32(2,3)4/h5-11,14-15H,12-13,16-17H2,1-4H3,(H,24,25,26). The molecule has 2 heterocycles. The Morgan fingerprint density at radius 3 is 2.59 bits per heavy atom. The maximum absolute atomic E-state index is 12.1. The van der Waals surface area contributed by atoms with Gasteiger partial charge in [0.2, 0.25) is 0 Å². The van der Waals surface area contributed by atoms with E-state index in [0.29, 0.717) is 30.7 Å². The van der Waals surface area contributed by atoms with E-state index in [4.69, 9.17) is 14.2 Å². The van der Waals surface area contributed by atoms with Crippen molar-refractivity contribution in [3.05, 3.63) is 66.0 Å². The fourth-order valence-corrected chi connectivity index (χ4v) is 3.53. The van der Waals surface area contributed by atoms with Crippen molar-refractivity contribution in [2.75, 3.05) is 19.0 Å². The summed E-state index contributed by atoms with van der Waals surface area (Å²) >= 11 is 0. The molecule has 170 valence electrons. The molecule has 0 aliphatic heterocycles. The van der Waals surface area contributed by atoms with Crippen LogP contribution in [0.3, 0.4) is 0 Å². The first-order chi connectivity index (χ1) is 15.3. The Bertz CT molecular complexity index is 1020. The molecule has 9 heteroatoms. The van der Waals surface area contributed by atoms with Crippen LogP contribution in [0.25, 0.3) is 0 Å². The fraction of sp³-hybridized carbons (Fsp3) is 0.348. The van der Waals surface area contributed by atoms with Gasteiger partial charge in [-0.25, -0.2) is 14.5 Å². The number of methoxy groups -OCH3 is 1. The fourth-order valence-electron chi connectivity index (χ4n) is 2.77. The van der Waals surface area contributed by atoms with Gasteiger partial charge in [0.25, 0.3) is 0 Å². The first kappa shape index (κ1) is 23.5. The highest BCUT2D eigenvalue weighted by molar-refractivity contribution is 6.76. The van der Waals surface area contributed by atoms with Gasteiger partial charge in [0.1, 0.15) is 24.9 Å². The number of hydrogen-bond acceptors (Lipinski definition) is 7. The number of carbonyl (C=O) groups excluding carboxylic acids is 1. The molecule has 0 amide bonds. The van der Waals surface area contributed by atoms with Crippen molar-refractivity contribution >= 4 is 25.7 Å². The van der Waals surface area contributed by atoms with E-state index in [-0.39, 0.29) is 5.69 Å². The largest absolute Gasteiger partial charge is 0.489 e. The van der Waals surface area contributed by atoms with Crippen molar-refractivity contribution in [2.45, 2.75) is 39.0 Å². The quantitative estimate of drug-likeness (QED) is 0.255. The third-order valence-electron chi connectivity index (χ3n) is 4.56. The van der Waals surface area contributed by atoms with Crippen LogP contribution in [0.15, 0.2) is 54.7 Å². The molecule has 0 fully saturated rings. The molecule has 3 aromatic rings. The summed E-state index contributed by atoms with van der Waals surface area (Å²) in [6.07, 6.45) is 1.83. The lowest BCUT2D eigenvalue weighted by Gasteiger charge is -2.15. The first-order valence-electron chi connectivity index (χ1n) is 10.5. The number of ether oxygens (including phenoxy) is 3. The number of aromatic nitrogens is 3. The topological polar surface area (TPSA) is 87.5 Å². The average Bonchev–Trinajstić information content (AvgIpc) is 3.21. The van der Waals surface area contributed by atoms with E-state index >= 15 is 0 Å². The summed E-state index contributed by atoms with van der Waals surface area (Å²) in [5.74, 6) is 0.976. The molecular formula is C23H30N4O4Si. The van der Waals surface area contributed by atoms with Gasteiger partial charge in [0.15, 0.2) is 11.5 Å². The van der Waals surface area contributed by atoms with Crippen LogP contribution >= 0.6 is 0 Å². The average molecular weight is 455 g/mol. The van der Waals surface area contributed by atoms with Crippen molar-refractivity contribution in [1.82, 2.24) is 14.8 Å². The number of pyridine rings is 1. The molecule has 2 aromatic heterocycles. The summed E-state index contributed by atoms with van der Waals surface area (Å²) in [6.45, 7) is 8.43. The minimum Gasteiger partial charge on any atom is -0.489 e. The second-order valence-corrected chi connectivity index (χ2v) is 14.2. The summed E-state index contributed by atoms with van der Waals surface area (Å²) in [7, 11) is 0.200. The number of esters is 1. The molecule has 0 saturated heterocycles. The molecule has 0 radical (unpaired) electrons. The van der Waals surface area contributed by atoms with Crippen molar-refractivity contribution < 1.29 is 19.0 Å². The van der Waals surface area contributed by atoms with E-state index in [1.54, 1.807) is 16.8 Å². The van der Waals surface area contributed by atoms with Crippen LogP contribution in [-0.4, -0.2) is 42.5 Å². The number of carbonyl (C=O) groups is 1. The van der Waals surface area contributed by atoms with E-state index in [0.717, 1.165) is 18.2 Å². The number of anilines is 2. The van der Waals surface area contributed by atoms with Crippen molar-refractivity contribution in [3.63, 3.8) is 0 Å². The molecule has 1 N–H and O–H groups in total. The molecule has 3 rings (SSSR count). The number of benzene rings is 1. The second kappa shape index (κ2) is 10.9. The Balaban J connectivity index is 1.66. The van der Waals surface area contributed by atoms with Gasteiger partial charge >= 0.3 is 5.97 Å². The summed E-state index contributed by atoms with van der Waals surface area (Å²) in [6, 6.07) is 16.0. The van der Waals surface area contributed by atoms with E-state index in [1.807, 2.05) is 42.6 Å². The van der Waals surface area contributed by atoms with E-state index in [2.05, 4.69) is 35.0 Å². The van der Waals surface area contributed by atoms with Crippen LogP contribution in [0.2, 0.25) is 25.7 Å². The SMILES string of the molecule is COC(=O)c1cc(OCc2ccccc2)cc(Nc2ccn(COCC[Si](C)(C)C)n2)n1. The molecule has 8 nitrogen and oxygen atoms in total. The zero-order valence-corrected chi connectivity index (χ0v) is 20.0. The highest BCUT2D eigenvalue weighted by Gasteiger charge is 2.14. The highest BCUT2D eigenvalue weighted by Crippen LogP contribution is 2.22. The Morgan fingerprint density at radius 1 is 1.09 bits per heavy atom. The lowest BCUT2D eigenvalue weighted by Crippen LogP contribution is -2.22. The molecule has 1 aromatic carbocycles. The van der Waals surface area contributed by atoms with Gasteiger partial charge in [-0.15, -0.1) is 0 Å². The van der Waals surface area contributed by atoms with Crippen LogP contribution in [-0.2, 0) is 22.8 Å². The maximum Gasteiger partial charge on any atom is 0.356 e. The summed E-state index contributed by atoms with van der Waals surface area (Å²) < 4.78 is 18.1. The molecule has 32 heavy (non-hydrogen) atoms. The van der Waals surface area contributed by atoms with Crippen molar-refractivity contribution in [3.8, 4) is 5.75 Å². The Hall–Kier alpha value is -3.17. The second-order valence-electron chi connectivity index (χ2n) is 8.55. The smallest absolute Gasteiger partial charge is 0.356 e. The zero-order chi connectivity index (χ0) is 23.0. The molecular weight excluding hydrogens is 424 g/mol. The minimum absolute atomic E-state index is 0.148. The molecule has 0 bridgehead atoms. The van der Waals surface area contributed by atoms with Gasteiger partial charge in [0, 0.05) is 39.1 Å². The highest BCUT2D eigenvalue weighted by atomic mass is 28.3. The molecule has 0 aliphatic rings. The van der Waals surface area contributed by atoms with E-state index < -0.39 is 14.0 Å². The predicted octanol–water partition coefficient (Wildman–Crippen LogP) is 4.70. The van der Waals surface area contributed by atoms with E-state index in [1.165, 1.54) is 7.11 Å². The van der Waals surface area contributed by atoms with Crippen LogP contribution in [0.1, 0.15) is 16.1 Å². The van der Waals surface area contributed by atoms with Crippen LogP contribution in [0.5, 0.6) is 5.75 Å². The summed E-state index contributed by atoms with van der Waals surface area (Å²) in [5.41, 5.74) is 1.17. The Kier molecular flexibility index (Phi) is 8.01. The van der Waals surface area contributed by atoms with Crippen LogP contribution in [0.4, 0.5) is 11.6 Å². The Labute approximate surface area is 189 Å². The van der Waals surface area contributed by atoms with Gasteiger partial charge in [-0.2, -0.15) is 5.10 Å². The zero-order valence-electron chi connectivity index (χ0n) is 19.0. The molecule has 0 atom stereocenters. The third-order valence-corrected chi connectivity index (χ3v) is 6.26. The summed E-state index contributed by atoms with van der Waals surface area (Å²) in [5, 5.41) is 7.57. The van der Waals surface area contributed by atoms with Crippen molar-refractivity contribution in [1.29, 1.82) is 0 Å². The molecule has 0 saturated carbocycles. The predicted molar refractivity (Wildman–Crippen MR) is 126 cm³/mol. The normalized spacial score (nSPS) is 11.2. The number of nitrogens with zero attached hydrogens (tertiary/aromatic N) is 3. The Morgan fingerprint density at radius 2 is 1.88 bits per heavy atom. The number of rotatable bonds is 11. The first-order valence-corrected chi connectivity index (χ1v) is 14.2. The lowest BCUT2D eigenvalue weighted by molar-refractivity contribution is 0.0593. The molecule has 0 spiro atoms. The molecule has 0 aliphatic carbocycles. The van der Waals surface area contributed by atoms with Crippen LogP contribution in [0, 0.1) is 0 Å². The monoisotopic (exact) mass is 454 g/mol. The van der Waals surface area contributed by atoms with Crippen molar-refractivity contribution in [2.24, 2.45) is 0 Å². The minimum atomic E-state index is -1.12. The lowest BCUT2D eigenvalue weighted by atomic mass is 10.2. The van der Waals surface area contributed by atoms with Gasteiger partial charge in [-0.05, 0) is 11.6 Å². The van der Waals surface area contributed by atoms with Gasteiger partial charge in [-0.3, -0.25) is 0 Å².